The Balaban J connectivity index is 2.22. The minimum absolute atomic E-state index is 0.0203. The molecule has 0 spiro atoms. The molecule has 0 unspecified atom stereocenters. The number of hydrazone groups is 1. The predicted octanol–water partition coefficient (Wildman–Crippen LogP) is 3.38. The lowest BCUT2D eigenvalue weighted by atomic mass is 9.86. The first-order valence-electron chi connectivity index (χ1n) is 8.37. The summed E-state index contributed by atoms with van der Waals surface area (Å²) in [7, 11) is 0. The SMILES string of the molecule is CC(C)(C)c1ccc(/C(CCC(=O)O)=N\NC(=O)c2ccncc2)cc1. The summed E-state index contributed by atoms with van der Waals surface area (Å²) >= 11 is 0. The number of carboxylic acids is 1. The van der Waals surface area contributed by atoms with Gasteiger partial charge < -0.3 is 5.11 Å². The van der Waals surface area contributed by atoms with E-state index in [1.807, 2.05) is 24.3 Å². The third-order valence-corrected chi connectivity index (χ3v) is 3.89. The normalized spacial score (nSPS) is 11.9. The average Bonchev–Trinajstić information content (AvgIpc) is 2.61. The Morgan fingerprint density at radius 3 is 2.15 bits per heavy atom. The van der Waals surface area contributed by atoms with Crippen LogP contribution in [0.25, 0.3) is 0 Å². The number of carbonyl (C=O) groups is 2. The van der Waals surface area contributed by atoms with Crippen molar-refractivity contribution in [1.82, 2.24) is 10.4 Å². The van der Waals surface area contributed by atoms with Crippen molar-refractivity contribution in [2.24, 2.45) is 5.10 Å². The largest absolute Gasteiger partial charge is 0.481 e. The molecule has 0 aliphatic rings. The molecule has 0 atom stereocenters. The Kier molecular flexibility index (Phi) is 6.22. The van der Waals surface area contributed by atoms with Crippen LogP contribution < -0.4 is 5.43 Å². The zero-order valence-corrected chi connectivity index (χ0v) is 15.2. The van der Waals surface area contributed by atoms with Gasteiger partial charge in [0.05, 0.1) is 12.1 Å². The summed E-state index contributed by atoms with van der Waals surface area (Å²) < 4.78 is 0. The van der Waals surface area contributed by atoms with Crippen molar-refractivity contribution < 1.29 is 14.7 Å². The topological polar surface area (TPSA) is 91.6 Å². The van der Waals surface area contributed by atoms with Crippen LogP contribution >= 0.6 is 0 Å². The maximum Gasteiger partial charge on any atom is 0.303 e. The molecule has 0 radical (unpaired) electrons. The number of pyridine rings is 1. The fourth-order valence-electron chi connectivity index (χ4n) is 2.34. The zero-order chi connectivity index (χ0) is 19.2. The summed E-state index contributed by atoms with van der Waals surface area (Å²) in [4.78, 5) is 26.9. The summed E-state index contributed by atoms with van der Waals surface area (Å²) in [5, 5.41) is 13.1. The number of carboxylic acid groups (broad SMARTS) is 1. The number of aromatic nitrogens is 1. The Morgan fingerprint density at radius 1 is 1.00 bits per heavy atom. The lowest BCUT2D eigenvalue weighted by Gasteiger charge is -2.19. The molecular weight excluding hydrogens is 330 g/mol. The van der Waals surface area contributed by atoms with Gasteiger partial charge in [0, 0.05) is 24.4 Å². The fraction of sp³-hybridized carbons (Fsp3) is 0.300. The van der Waals surface area contributed by atoms with Gasteiger partial charge >= 0.3 is 5.97 Å². The molecule has 1 heterocycles. The van der Waals surface area contributed by atoms with Crippen LogP contribution in [0.15, 0.2) is 53.9 Å². The standard InChI is InChI=1S/C20H23N3O3/c1-20(2,3)16-6-4-14(5-7-16)17(8-9-18(24)25)22-23-19(26)15-10-12-21-13-11-15/h4-7,10-13H,8-9H2,1-3H3,(H,23,26)(H,24,25)/b22-17-. The molecule has 0 bridgehead atoms. The van der Waals surface area contributed by atoms with Crippen molar-refractivity contribution >= 4 is 17.6 Å². The van der Waals surface area contributed by atoms with Gasteiger partial charge in [-0.3, -0.25) is 14.6 Å². The highest BCUT2D eigenvalue weighted by Gasteiger charge is 2.14. The van der Waals surface area contributed by atoms with E-state index in [2.05, 4.69) is 36.3 Å². The van der Waals surface area contributed by atoms with Gasteiger partial charge in [-0.05, 0) is 28.7 Å². The van der Waals surface area contributed by atoms with Crippen LogP contribution in [0.2, 0.25) is 0 Å². The number of nitrogens with zero attached hydrogens (tertiary/aromatic N) is 2. The Hall–Kier alpha value is -3.02. The van der Waals surface area contributed by atoms with Crippen molar-refractivity contribution in [3.63, 3.8) is 0 Å². The van der Waals surface area contributed by atoms with E-state index in [1.54, 1.807) is 12.1 Å². The van der Waals surface area contributed by atoms with Crippen LogP contribution in [0.3, 0.4) is 0 Å². The maximum absolute atomic E-state index is 12.1. The second kappa shape index (κ2) is 8.38. The first-order valence-corrected chi connectivity index (χ1v) is 8.37. The number of aliphatic carboxylic acids is 1. The zero-order valence-electron chi connectivity index (χ0n) is 15.2. The molecule has 0 saturated carbocycles. The van der Waals surface area contributed by atoms with Crippen molar-refractivity contribution in [3.05, 3.63) is 65.5 Å². The van der Waals surface area contributed by atoms with Gasteiger partial charge in [-0.2, -0.15) is 5.10 Å². The molecule has 1 aromatic carbocycles. The van der Waals surface area contributed by atoms with Gasteiger partial charge in [-0.15, -0.1) is 0 Å². The number of rotatable bonds is 6. The summed E-state index contributed by atoms with van der Waals surface area (Å²) in [5.74, 6) is -1.28. The molecule has 0 fully saturated rings. The minimum Gasteiger partial charge on any atom is -0.481 e. The molecular formula is C20H23N3O3. The first-order chi connectivity index (χ1) is 12.3. The third kappa shape index (κ3) is 5.51. The second-order valence-electron chi connectivity index (χ2n) is 6.96. The van der Waals surface area contributed by atoms with E-state index >= 15 is 0 Å². The molecule has 6 nitrogen and oxygen atoms in total. The first kappa shape index (κ1) is 19.3. The van der Waals surface area contributed by atoms with Gasteiger partial charge in [-0.1, -0.05) is 45.0 Å². The predicted molar refractivity (Wildman–Crippen MR) is 100 cm³/mol. The molecule has 0 aliphatic carbocycles. The van der Waals surface area contributed by atoms with E-state index in [0.29, 0.717) is 11.3 Å². The van der Waals surface area contributed by atoms with Crippen molar-refractivity contribution in [2.45, 2.75) is 39.0 Å². The van der Waals surface area contributed by atoms with Crippen LogP contribution in [0.1, 0.15) is 55.1 Å². The van der Waals surface area contributed by atoms with Crippen molar-refractivity contribution in [1.29, 1.82) is 0 Å². The quantitative estimate of drug-likeness (QED) is 0.615. The van der Waals surface area contributed by atoms with E-state index in [0.717, 1.165) is 5.56 Å². The smallest absolute Gasteiger partial charge is 0.303 e. The van der Waals surface area contributed by atoms with Crippen molar-refractivity contribution in [3.8, 4) is 0 Å². The molecule has 1 aromatic heterocycles. The average molecular weight is 353 g/mol. The molecule has 2 N–H and O–H groups in total. The molecule has 136 valence electrons. The van der Waals surface area contributed by atoms with E-state index in [1.165, 1.54) is 18.0 Å². The number of amides is 1. The summed E-state index contributed by atoms with van der Waals surface area (Å²) in [6.45, 7) is 6.36. The van der Waals surface area contributed by atoms with E-state index in [9.17, 15) is 9.59 Å². The molecule has 26 heavy (non-hydrogen) atoms. The molecule has 1 amide bonds. The van der Waals surface area contributed by atoms with Crippen LogP contribution in [0.5, 0.6) is 0 Å². The van der Waals surface area contributed by atoms with Crippen LogP contribution in [0.4, 0.5) is 0 Å². The highest BCUT2D eigenvalue weighted by Crippen LogP contribution is 2.22. The molecule has 2 rings (SSSR count). The van der Waals surface area contributed by atoms with Crippen LogP contribution in [-0.2, 0) is 10.2 Å². The molecule has 0 aliphatic heterocycles. The monoisotopic (exact) mass is 353 g/mol. The van der Waals surface area contributed by atoms with E-state index < -0.39 is 5.97 Å². The fourth-order valence-corrected chi connectivity index (χ4v) is 2.34. The lowest BCUT2D eigenvalue weighted by Crippen LogP contribution is -2.20. The second-order valence-corrected chi connectivity index (χ2v) is 6.96. The number of benzene rings is 1. The lowest BCUT2D eigenvalue weighted by molar-refractivity contribution is -0.136. The van der Waals surface area contributed by atoms with Gasteiger partial charge in [-0.25, -0.2) is 5.43 Å². The van der Waals surface area contributed by atoms with Gasteiger partial charge in [0.15, 0.2) is 0 Å². The third-order valence-electron chi connectivity index (χ3n) is 3.89. The number of hydrogen-bond donors (Lipinski definition) is 2. The van der Waals surface area contributed by atoms with Crippen molar-refractivity contribution in [2.75, 3.05) is 0 Å². The van der Waals surface area contributed by atoms with Crippen LogP contribution in [0, 0.1) is 0 Å². The highest BCUT2D eigenvalue weighted by molar-refractivity contribution is 6.03. The number of carbonyl (C=O) groups excluding carboxylic acids is 1. The molecule has 2 aromatic rings. The Bertz CT molecular complexity index is 791. The maximum atomic E-state index is 12.1. The Labute approximate surface area is 153 Å². The number of hydrogen-bond acceptors (Lipinski definition) is 4. The minimum atomic E-state index is -0.913. The number of nitrogens with one attached hydrogen (secondary N) is 1. The van der Waals surface area contributed by atoms with Gasteiger partial charge in [0.2, 0.25) is 0 Å². The molecule has 6 heteroatoms. The highest BCUT2D eigenvalue weighted by atomic mass is 16.4. The summed E-state index contributed by atoms with van der Waals surface area (Å²) in [6.07, 6.45) is 3.20. The van der Waals surface area contributed by atoms with E-state index in [-0.39, 0.29) is 24.2 Å². The summed E-state index contributed by atoms with van der Waals surface area (Å²) in [5.41, 5.74) is 5.43. The van der Waals surface area contributed by atoms with Crippen LogP contribution in [-0.4, -0.2) is 27.7 Å². The molecule has 0 saturated heterocycles. The van der Waals surface area contributed by atoms with Gasteiger partial charge in [0.25, 0.3) is 5.91 Å². The Morgan fingerprint density at radius 2 is 1.62 bits per heavy atom. The summed E-state index contributed by atoms with van der Waals surface area (Å²) in [6, 6.07) is 11.0. The van der Waals surface area contributed by atoms with Gasteiger partial charge in [0.1, 0.15) is 0 Å². The van der Waals surface area contributed by atoms with E-state index in [4.69, 9.17) is 5.11 Å².